The summed E-state index contributed by atoms with van der Waals surface area (Å²) in [6.07, 6.45) is 1.68. The summed E-state index contributed by atoms with van der Waals surface area (Å²) in [6, 6.07) is 11.6. The van der Waals surface area contributed by atoms with Crippen LogP contribution in [0.15, 0.2) is 42.0 Å². The molecular formula is C27H33NO6. The molecule has 34 heavy (non-hydrogen) atoms. The van der Waals surface area contributed by atoms with Crippen LogP contribution in [0.2, 0.25) is 0 Å². The van der Waals surface area contributed by atoms with E-state index < -0.39 is 17.7 Å². The van der Waals surface area contributed by atoms with Crippen LogP contribution in [0.3, 0.4) is 0 Å². The minimum absolute atomic E-state index is 0.305. The Labute approximate surface area is 201 Å². The molecule has 7 heteroatoms. The Morgan fingerprint density at radius 3 is 2.24 bits per heavy atom. The number of esters is 1. The highest BCUT2D eigenvalue weighted by Crippen LogP contribution is 2.37. The summed E-state index contributed by atoms with van der Waals surface area (Å²) in [5.74, 6) is 0.937. The van der Waals surface area contributed by atoms with Gasteiger partial charge < -0.3 is 18.9 Å². The fourth-order valence-corrected chi connectivity index (χ4v) is 3.74. The molecule has 1 aliphatic heterocycles. The van der Waals surface area contributed by atoms with Gasteiger partial charge >= 0.3 is 12.1 Å². The van der Waals surface area contributed by atoms with Crippen LogP contribution in [0.5, 0.6) is 11.5 Å². The quantitative estimate of drug-likeness (QED) is 0.496. The zero-order valence-corrected chi connectivity index (χ0v) is 20.8. The zero-order chi connectivity index (χ0) is 24.9. The number of fused-ring (bicyclic) bond motifs is 1. The molecule has 0 radical (unpaired) electrons. The Bertz CT molecular complexity index is 1080. The van der Waals surface area contributed by atoms with Gasteiger partial charge in [-0.3, -0.25) is 4.90 Å². The highest BCUT2D eigenvalue weighted by Gasteiger charge is 2.28. The molecule has 3 rings (SSSR count). The minimum atomic E-state index is -0.639. The van der Waals surface area contributed by atoms with Crippen LogP contribution in [0, 0.1) is 0 Å². The molecule has 0 fully saturated rings. The van der Waals surface area contributed by atoms with Gasteiger partial charge in [-0.05, 0) is 88.1 Å². The number of nitrogens with zero attached hydrogens (tertiary/aromatic N) is 1. The van der Waals surface area contributed by atoms with Gasteiger partial charge in [0.2, 0.25) is 0 Å². The molecule has 2 aromatic rings. The molecule has 0 atom stereocenters. The van der Waals surface area contributed by atoms with Gasteiger partial charge in [-0.15, -0.1) is 0 Å². The fourth-order valence-electron chi connectivity index (χ4n) is 3.74. The monoisotopic (exact) mass is 467 g/mol. The number of hydrogen-bond donors (Lipinski definition) is 0. The van der Waals surface area contributed by atoms with Crippen molar-refractivity contribution in [1.82, 2.24) is 0 Å². The van der Waals surface area contributed by atoms with Crippen molar-refractivity contribution < 1.29 is 28.5 Å². The molecule has 0 aliphatic carbocycles. The highest BCUT2D eigenvalue weighted by atomic mass is 16.6. The molecule has 1 amide bonds. The maximum Gasteiger partial charge on any atom is 0.414 e. The number of benzene rings is 2. The molecule has 2 aromatic carbocycles. The summed E-state index contributed by atoms with van der Waals surface area (Å²) in [5, 5.41) is 0. The molecule has 1 heterocycles. The third-order valence-corrected chi connectivity index (χ3v) is 5.19. The Kier molecular flexibility index (Phi) is 7.87. The molecule has 0 saturated heterocycles. The first-order chi connectivity index (χ1) is 16.2. The highest BCUT2D eigenvalue weighted by molar-refractivity contribution is 5.99. The van der Waals surface area contributed by atoms with Crippen molar-refractivity contribution in [3.63, 3.8) is 0 Å². The van der Waals surface area contributed by atoms with Gasteiger partial charge in [0.05, 0.1) is 26.0 Å². The summed E-state index contributed by atoms with van der Waals surface area (Å²) in [6.45, 7) is 10.7. The maximum atomic E-state index is 13.0. The lowest BCUT2D eigenvalue weighted by molar-refractivity contribution is -0.136. The van der Waals surface area contributed by atoms with Crippen LogP contribution in [0.25, 0.3) is 17.2 Å². The summed E-state index contributed by atoms with van der Waals surface area (Å²) in [5.41, 5.74) is 3.10. The molecule has 7 nitrogen and oxygen atoms in total. The molecular weight excluding hydrogens is 434 g/mol. The van der Waals surface area contributed by atoms with Crippen molar-refractivity contribution in [2.45, 2.75) is 46.6 Å². The van der Waals surface area contributed by atoms with Crippen LogP contribution in [-0.4, -0.2) is 44.5 Å². The molecule has 0 N–H and O–H groups in total. The first-order valence-electron chi connectivity index (χ1n) is 11.5. The lowest BCUT2D eigenvalue weighted by atomic mass is 10.00. The van der Waals surface area contributed by atoms with Crippen LogP contribution in [0.4, 0.5) is 10.5 Å². The molecule has 0 bridgehead atoms. The van der Waals surface area contributed by atoms with Gasteiger partial charge in [0.1, 0.15) is 5.60 Å². The molecule has 182 valence electrons. The van der Waals surface area contributed by atoms with E-state index in [4.69, 9.17) is 18.9 Å². The summed E-state index contributed by atoms with van der Waals surface area (Å²) >= 11 is 0. The fraction of sp³-hybridized carbons (Fsp3) is 0.407. The minimum Gasteiger partial charge on any atom is -0.490 e. The predicted octanol–water partition coefficient (Wildman–Crippen LogP) is 5.85. The van der Waals surface area contributed by atoms with Gasteiger partial charge in [0, 0.05) is 12.1 Å². The Morgan fingerprint density at radius 1 is 0.941 bits per heavy atom. The van der Waals surface area contributed by atoms with Gasteiger partial charge in [-0.2, -0.15) is 0 Å². The number of methoxy groups -OCH3 is 1. The van der Waals surface area contributed by atoms with Crippen molar-refractivity contribution in [3.05, 3.63) is 47.5 Å². The smallest absolute Gasteiger partial charge is 0.414 e. The number of carbonyl (C=O) groups excluding carboxylic acids is 2. The van der Waals surface area contributed by atoms with E-state index in [1.807, 2.05) is 71.0 Å². The number of rotatable bonds is 6. The maximum absolute atomic E-state index is 13.0. The third-order valence-electron chi connectivity index (χ3n) is 5.19. The van der Waals surface area contributed by atoms with Gasteiger partial charge in [-0.1, -0.05) is 12.1 Å². The standard InChI is InChI=1S/C27H33NO6/c1-7-32-23-12-10-19(17-24(23)33-8-2)18-9-11-22-21(15-18)16-20(25(29)31-6)13-14-28(22)26(30)34-27(3,4)5/h9-12,15-17H,7-8,13-14H2,1-6H3. The van der Waals surface area contributed by atoms with Crippen molar-refractivity contribution in [2.75, 3.05) is 31.8 Å². The predicted molar refractivity (Wildman–Crippen MR) is 132 cm³/mol. The summed E-state index contributed by atoms with van der Waals surface area (Å²) in [4.78, 5) is 26.9. The number of carbonyl (C=O) groups is 2. The van der Waals surface area contributed by atoms with Crippen molar-refractivity contribution >= 4 is 23.8 Å². The van der Waals surface area contributed by atoms with E-state index in [0.29, 0.717) is 48.9 Å². The second-order valence-electron chi connectivity index (χ2n) is 8.84. The van der Waals surface area contributed by atoms with Crippen LogP contribution >= 0.6 is 0 Å². The molecule has 0 spiro atoms. The number of anilines is 1. The van der Waals surface area contributed by atoms with E-state index in [9.17, 15) is 9.59 Å². The van der Waals surface area contributed by atoms with Gasteiger partial charge in [0.15, 0.2) is 11.5 Å². The number of hydrogen-bond acceptors (Lipinski definition) is 6. The number of amides is 1. The van der Waals surface area contributed by atoms with Crippen LogP contribution < -0.4 is 14.4 Å². The van der Waals surface area contributed by atoms with E-state index in [1.165, 1.54) is 7.11 Å². The Morgan fingerprint density at radius 2 is 1.59 bits per heavy atom. The third kappa shape index (κ3) is 5.90. The zero-order valence-electron chi connectivity index (χ0n) is 20.8. The molecule has 0 aromatic heterocycles. The molecule has 1 aliphatic rings. The second-order valence-corrected chi connectivity index (χ2v) is 8.84. The van der Waals surface area contributed by atoms with E-state index in [2.05, 4.69) is 0 Å². The molecule has 0 unspecified atom stereocenters. The largest absolute Gasteiger partial charge is 0.490 e. The first kappa shape index (κ1) is 25.1. The normalized spacial score (nSPS) is 13.4. The average molecular weight is 468 g/mol. The summed E-state index contributed by atoms with van der Waals surface area (Å²) in [7, 11) is 1.35. The van der Waals surface area contributed by atoms with Gasteiger partial charge in [0.25, 0.3) is 0 Å². The second kappa shape index (κ2) is 10.6. The van der Waals surface area contributed by atoms with E-state index in [0.717, 1.165) is 16.7 Å². The Hall–Kier alpha value is -3.48. The number of ether oxygens (including phenoxy) is 4. The summed E-state index contributed by atoms with van der Waals surface area (Å²) < 4.78 is 22.0. The lowest BCUT2D eigenvalue weighted by Gasteiger charge is -2.27. The van der Waals surface area contributed by atoms with Gasteiger partial charge in [-0.25, -0.2) is 9.59 Å². The van der Waals surface area contributed by atoms with Crippen LogP contribution in [-0.2, 0) is 14.3 Å². The van der Waals surface area contributed by atoms with Crippen LogP contribution in [0.1, 0.15) is 46.6 Å². The average Bonchev–Trinajstić information content (AvgIpc) is 2.98. The Balaban J connectivity index is 2.07. The van der Waals surface area contributed by atoms with Crippen molar-refractivity contribution in [3.8, 4) is 22.6 Å². The topological polar surface area (TPSA) is 74.3 Å². The van der Waals surface area contributed by atoms with Crippen molar-refractivity contribution in [1.29, 1.82) is 0 Å². The first-order valence-corrected chi connectivity index (χ1v) is 11.5. The van der Waals surface area contributed by atoms with E-state index in [-0.39, 0.29) is 0 Å². The lowest BCUT2D eigenvalue weighted by Crippen LogP contribution is -2.37. The van der Waals surface area contributed by atoms with E-state index >= 15 is 0 Å². The van der Waals surface area contributed by atoms with Crippen molar-refractivity contribution in [2.24, 2.45) is 0 Å². The molecule has 0 saturated carbocycles. The SMILES string of the molecule is CCOc1ccc(-c2ccc3c(c2)C=C(C(=O)OC)CCN3C(=O)OC(C)(C)C)cc1OCC. The van der Waals surface area contributed by atoms with E-state index in [1.54, 1.807) is 11.0 Å².